The lowest BCUT2D eigenvalue weighted by Crippen LogP contribution is -2.34. The second kappa shape index (κ2) is 9.70. The summed E-state index contributed by atoms with van der Waals surface area (Å²) >= 11 is 0. The van der Waals surface area contributed by atoms with Gasteiger partial charge < -0.3 is 14.8 Å². The van der Waals surface area contributed by atoms with E-state index < -0.39 is 16.2 Å². The Labute approximate surface area is 157 Å². The van der Waals surface area contributed by atoms with Crippen molar-refractivity contribution < 1.29 is 27.5 Å². The van der Waals surface area contributed by atoms with Gasteiger partial charge in [-0.25, -0.2) is 17.9 Å². The molecule has 8 nitrogen and oxygen atoms in total. The number of hydrogen-bond acceptors (Lipinski definition) is 6. The first-order valence-electron chi connectivity index (χ1n) is 8.20. The number of carbonyl (C=O) groups is 2. The third-order valence-corrected chi connectivity index (χ3v) is 4.81. The molecule has 0 aliphatic carbocycles. The third-order valence-electron chi connectivity index (χ3n) is 3.34. The van der Waals surface area contributed by atoms with Crippen LogP contribution < -0.4 is 14.8 Å². The molecule has 0 spiro atoms. The highest BCUT2D eigenvalue weighted by molar-refractivity contribution is 7.89. The van der Waals surface area contributed by atoms with Crippen molar-refractivity contribution in [2.75, 3.05) is 19.7 Å². The minimum atomic E-state index is -3.61. The molecule has 0 aliphatic rings. The van der Waals surface area contributed by atoms with Crippen LogP contribution in [0.4, 0.5) is 4.79 Å². The van der Waals surface area contributed by atoms with E-state index in [1.165, 1.54) is 36.4 Å². The predicted octanol–water partition coefficient (Wildman–Crippen LogP) is 1.93. The Morgan fingerprint density at radius 3 is 2.26 bits per heavy atom. The summed E-state index contributed by atoms with van der Waals surface area (Å²) < 4.78 is 36.0. The molecule has 9 heteroatoms. The molecule has 0 atom stereocenters. The minimum Gasteiger partial charge on any atom is -0.434 e. The zero-order chi connectivity index (χ0) is 19.7. The first kappa shape index (κ1) is 20.4. The van der Waals surface area contributed by atoms with Gasteiger partial charge >= 0.3 is 6.16 Å². The zero-order valence-electron chi connectivity index (χ0n) is 14.7. The maximum Gasteiger partial charge on any atom is 0.513 e. The monoisotopic (exact) mass is 392 g/mol. The number of carbonyl (C=O) groups excluding carboxylic acids is 2. The van der Waals surface area contributed by atoms with Gasteiger partial charge in [0.25, 0.3) is 5.91 Å². The van der Waals surface area contributed by atoms with Gasteiger partial charge in [0.15, 0.2) is 0 Å². The summed E-state index contributed by atoms with van der Waals surface area (Å²) in [5.41, 5.74) is 0.345. The molecule has 2 rings (SSSR count). The van der Waals surface area contributed by atoms with E-state index in [2.05, 4.69) is 14.8 Å². The minimum absolute atomic E-state index is 0.0486. The Morgan fingerprint density at radius 1 is 0.963 bits per heavy atom. The Morgan fingerprint density at radius 2 is 1.63 bits per heavy atom. The Hall–Kier alpha value is -2.91. The highest BCUT2D eigenvalue weighted by Crippen LogP contribution is 2.13. The molecular weight excluding hydrogens is 372 g/mol. The number of rotatable bonds is 8. The average Bonchev–Trinajstić information content (AvgIpc) is 2.66. The van der Waals surface area contributed by atoms with Crippen LogP contribution in [-0.2, 0) is 14.8 Å². The van der Waals surface area contributed by atoms with Crippen LogP contribution in [0.3, 0.4) is 0 Å². The van der Waals surface area contributed by atoms with E-state index in [-0.39, 0.29) is 36.2 Å². The predicted molar refractivity (Wildman–Crippen MR) is 98.1 cm³/mol. The van der Waals surface area contributed by atoms with Crippen LogP contribution in [0.2, 0.25) is 0 Å². The molecular formula is C18H20N2O6S. The van der Waals surface area contributed by atoms with Crippen molar-refractivity contribution in [3.8, 4) is 5.75 Å². The largest absolute Gasteiger partial charge is 0.513 e. The fourth-order valence-electron chi connectivity index (χ4n) is 2.06. The normalized spacial score (nSPS) is 10.9. The number of sulfonamides is 1. The van der Waals surface area contributed by atoms with E-state index in [9.17, 15) is 18.0 Å². The molecule has 0 bridgehead atoms. The van der Waals surface area contributed by atoms with Gasteiger partial charge in [-0.3, -0.25) is 4.79 Å². The molecule has 27 heavy (non-hydrogen) atoms. The standard InChI is InChI=1S/C18H20N2O6S/c1-2-25-18(22)26-15-10-8-14(9-11-15)17(21)19-12-13-20-27(23,24)16-6-4-3-5-7-16/h3-11,20H,2,12-13H2,1H3,(H,19,21). The smallest absolute Gasteiger partial charge is 0.434 e. The maximum atomic E-state index is 12.1. The van der Waals surface area contributed by atoms with Gasteiger partial charge in [0.1, 0.15) is 5.75 Å². The highest BCUT2D eigenvalue weighted by atomic mass is 32.2. The van der Waals surface area contributed by atoms with Crippen molar-refractivity contribution in [1.29, 1.82) is 0 Å². The van der Waals surface area contributed by atoms with Crippen LogP contribution in [0, 0.1) is 0 Å². The lowest BCUT2D eigenvalue weighted by atomic mass is 10.2. The zero-order valence-corrected chi connectivity index (χ0v) is 15.5. The summed E-state index contributed by atoms with van der Waals surface area (Å²) in [7, 11) is -3.61. The van der Waals surface area contributed by atoms with E-state index in [1.807, 2.05) is 0 Å². The number of amides is 1. The van der Waals surface area contributed by atoms with Crippen molar-refractivity contribution in [3.63, 3.8) is 0 Å². The van der Waals surface area contributed by atoms with E-state index in [1.54, 1.807) is 25.1 Å². The lowest BCUT2D eigenvalue weighted by Gasteiger charge is -2.08. The fourth-order valence-corrected chi connectivity index (χ4v) is 3.12. The Balaban J connectivity index is 1.79. The highest BCUT2D eigenvalue weighted by Gasteiger charge is 2.13. The van der Waals surface area contributed by atoms with Crippen molar-refractivity contribution in [2.24, 2.45) is 0 Å². The number of nitrogens with one attached hydrogen (secondary N) is 2. The summed E-state index contributed by atoms with van der Waals surface area (Å²) in [5, 5.41) is 2.61. The molecule has 0 unspecified atom stereocenters. The molecule has 0 fully saturated rings. The van der Waals surface area contributed by atoms with Crippen molar-refractivity contribution >= 4 is 22.1 Å². The second-order valence-electron chi connectivity index (χ2n) is 5.28. The summed E-state index contributed by atoms with van der Waals surface area (Å²) in [5.74, 6) is -0.128. The summed E-state index contributed by atoms with van der Waals surface area (Å²) in [6, 6.07) is 13.9. The molecule has 2 aromatic carbocycles. The molecule has 144 valence electrons. The van der Waals surface area contributed by atoms with Crippen molar-refractivity contribution in [2.45, 2.75) is 11.8 Å². The van der Waals surface area contributed by atoms with Crippen molar-refractivity contribution in [3.05, 3.63) is 60.2 Å². The first-order valence-corrected chi connectivity index (χ1v) is 9.68. The Bertz CT molecular complexity index is 866. The quantitative estimate of drug-likeness (QED) is 0.403. The molecule has 2 aromatic rings. The van der Waals surface area contributed by atoms with Gasteiger partial charge in [-0.2, -0.15) is 0 Å². The first-order chi connectivity index (χ1) is 12.9. The SMILES string of the molecule is CCOC(=O)Oc1ccc(C(=O)NCCNS(=O)(=O)c2ccccc2)cc1. The molecule has 0 aromatic heterocycles. The number of ether oxygens (including phenoxy) is 2. The molecule has 0 radical (unpaired) electrons. The Kier molecular flexibility index (Phi) is 7.33. The fraction of sp³-hybridized carbons (Fsp3) is 0.222. The van der Waals surface area contributed by atoms with Crippen LogP contribution in [0.15, 0.2) is 59.5 Å². The topological polar surface area (TPSA) is 111 Å². The second-order valence-corrected chi connectivity index (χ2v) is 7.04. The number of benzene rings is 2. The van der Waals surface area contributed by atoms with Gasteiger partial charge in [0.05, 0.1) is 11.5 Å². The van der Waals surface area contributed by atoms with Gasteiger partial charge in [0.2, 0.25) is 10.0 Å². The maximum absolute atomic E-state index is 12.1. The van der Waals surface area contributed by atoms with Crippen LogP contribution in [-0.4, -0.2) is 40.2 Å². The van der Waals surface area contributed by atoms with Crippen LogP contribution in [0.25, 0.3) is 0 Å². The summed E-state index contributed by atoms with van der Waals surface area (Å²) in [4.78, 5) is 23.4. The molecule has 0 aliphatic heterocycles. The van der Waals surface area contributed by atoms with E-state index in [0.29, 0.717) is 5.56 Å². The van der Waals surface area contributed by atoms with Gasteiger partial charge in [-0.15, -0.1) is 0 Å². The van der Waals surface area contributed by atoms with E-state index in [4.69, 9.17) is 4.74 Å². The van der Waals surface area contributed by atoms with E-state index in [0.717, 1.165) is 0 Å². The van der Waals surface area contributed by atoms with Gasteiger partial charge in [-0.1, -0.05) is 18.2 Å². The molecule has 2 N–H and O–H groups in total. The number of hydrogen-bond donors (Lipinski definition) is 2. The molecule has 1 amide bonds. The van der Waals surface area contributed by atoms with Gasteiger partial charge in [0, 0.05) is 18.7 Å². The average molecular weight is 392 g/mol. The molecule has 0 saturated heterocycles. The van der Waals surface area contributed by atoms with Crippen LogP contribution in [0.5, 0.6) is 5.75 Å². The van der Waals surface area contributed by atoms with Gasteiger partial charge in [-0.05, 0) is 43.3 Å². The lowest BCUT2D eigenvalue weighted by molar-refractivity contribution is 0.0954. The van der Waals surface area contributed by atoms with Crippen LogP contribution >= 0.6 is 0 Å². The third kappa shape index (κ3) is 6.39. The van der Waals surface area contributed by atoms with Crippen LogP contribution in [0.1, 0.15) is 17.3 Å². The molecule has 0 saturated carbocycles. The van der Waals surface area contributed by atoms with E-state index >= 15 is 0 Å². The summed E-state index contributed by atoms with van der Waals surface area (Å²) in [6.07, 6.45) is -0.819. The van der Waals surface area contributed by atoms with Crippen molar-refractivity contribution in [1.82, 2.24) is 10.0 Å². The summed E-state index contributed by atoms with van der Waals surface area (Å²) in [6.45, 7) is 2.03. The molecule has 0 heterocycles.